The van der Waals surface area contributed by atoms with Gasteiger partial charge in [0.1, 0.15) is 5.75 Å². The number of hydrogen-bond acceptors (Lipinski definition) is 4. The summed E-state index contributed by atoms with van der Waals surface area (Å²) in [6.07, 6.45) is -0.573. The number of rotatable bonds is 4. The molecule has 1 atom stereocenters. The van der Waals surface area contributed by atoms with Crippen molar-refractivity contribution >= 4 is 0 Å². The number of benzene rings is 1. The Morgan fingerprint density at radius 1 is 1.46 bits per heavy atom. The molecule has 1 unspecified atom stereocenters. The van der Waals surface area contributed by atoms with Crippen LogP contribution in [-0.2, 0) is 0 Å². The third-order valence-corrected chi connectivity index (χ3v) is 1.81. The molecule has 0 saturated carbocycles. The lowest BCUT2D eigenvalue weighted by Gasteiger charge is -2.10. The normalized spacial score (nSPS) is 12.5. The Kier molecular flexibility index (Phi) is 3.70. The third kappa shape index (κ3) is 2.69. The molecule has 0 aliphatic heterocycles. The minimum absolute atomic E-state index is 0.340. The molecule has 1 aromatic carbocycles. The molecular formula is C9H14N2O2. The van der Waals surface area contributed by atoms with E-state index in [0.717, 1.165) is 11.3 Å². The summed E-state index contributed by atoms with van der Waals surface area (Å²) in [6.45, 7) is 0.340. The van der Waals surface area contributed by atoms with Crippen LogP contribution < -0.4 is 16.0 Å². The van der Waals surface area contributed by atoms with Crippen molar-refractivity contribution in [1.29, 1.82) is 0 Å². The molecule has 0 radical (unpaired) electrons. The van der Waals surface area contributed by atoms with Gasteiger partial charge in [-0.1, -0.05) is 12.1 Å². The molecule has 0 spiro atoms. The molecule has 0 amide bonds. The van der Waals surface area contributed by atoms with Crippen molar-refractivity contribution in [2.75, 3.05) is 13.7 Å². The van der Waals surface area contributed by atoms with E-state index in [1.54, 1.807) is 31.4 Å². The Labute approximate surface area is 77.3 Å². The van der Waals surface area contributed by atoms with E-state index in [2.05, 4.69) is 5.43 Å². The standard InChI is InChI=1S/C9H14N2O2/c1-13-8-4-2-7(3-5-8)9(12)6-11-10/h2-5,9,11-12H,6,10H2,1H3. The van der Waals surface area contributed by atoms with Crippen LogP contribution in [0.1, 0.15) is 11.7 Å². The number of aliphatic hydroxyl groups excluding tert-OH is 1. The van der Waals surface area contributed by atoms with Gasteiger partial charge in [-0.3, -0.25) is 11.3 Å². The van der Waals surface area contributed by atoms with E-state index in [1.807, 2.05) is 0 Å². The van der Waals surface area contributed by atoms with Crippen molar-refractivity contribution in [2.45, 2.75) is 6.10 Å². The highest BCUT2D eigenvalue weighted by atomic mass is 16.5. The summed E-state index contributed by atoms with van der Waals surface area (Å²) in [5.74, 6) is 5.86. The Morgan fingerprint density at radius 3 is 2.54 bits per heavy atom. The first-order valence-electron chi connectivity index (χ1n) is 4.03. The lowest BCUT2D eigenvalue weighted by Crippen LogP contribution is -2.27. The summed E-state index contributed by atoms with van der Waals surface area (Å²) in [5.41, 5.74) is 3.23. The monoisotopic (exact) mass is 182 g/mol. The highest BCUT2D eigenvalue weighted by Gasteiger charge is 2.05. The van der Waals surface area contributed by atoms with Crippen LogP contribution in [-0.4, -0.2) is 18.8 Å². The van der Waals surface area contributed by atoms with Gasteiger partial charge in [0.05, 0.1) is 13.2 Å². The minimum atomic E-state index is -0.573. The maximum Gasteiger partial charge on any atom is 0.118 e. The number of methoxy groups -OCH3 is 1. The maximum atomic E-state index is 9.50. The lowest BCUT2D eigenvalue weighted by atomic mass is 10.1. The molecule has 0 saturated heterocycles. The first-order valence-corrected chi connectivity index (χ1v) is 4.03. The van der Waals surface area contributed by atoms with E-state index >= 15 is 0 Å². The van der Waals surface area contributed by atoms with Gasteiger partial charge in [0.15, 0.2) is 0 Å². The first-order chi connectivity index (χ1) is 6.27. The summed E-state index contributed by atoms with van der Waals surface area (Å²) >= 11 is 0. The fraction of sp³-hybridized carbons (Fsp3) is 0.333. The second kappa shape index (κ2) is 4.81. The van der Waals surface area contributed by atoms with Gasteiger partial charge in [0.2, 0.25) is 0 Å². The summed E-state index contributed by atoms with van der Waals surface area (Å²) in [4.78, 5) is 0. The van der Waals surface area contributed by atoms with Crippen molar-refractivity contribution in [3.63, 3.8) is 0 Å². The summed E-state index contributed by atoms with van der Waals surface area (Å²) < 4.78 is 4.99. The molecule has 1 aromatic rings. The molecule has 0 bridgehead atoms. The molecule has 0 aliphatic rings. The van der Waals surface area contributed by atoms with E-state index < -0.39 is 6.10 Å². The Balaban J connectivity index is 2.67. The van der Waals surface area contributed by atoms with Crippen molar-refractivity contribution < 1.29 is 9.84 Å². The van der Waals surface area contributed by atoms with Crippen LogP contribution in [0, 0.1) is 0 Å². The number of ether oxygens (including phenoxy) is 1. The molecule has 4 heteroatoms. The van der Waals surface area contributed by atoms with Gasteiger partial charge in [-0.05, 0) is 17.7 Å². The predicted molar refractivity (Wildman–Crippen MR) is 50.1 cm³/mol. The molecule has 72 valence electrons. The van der Waals surface area contributed by atoms with Gasteiger partial charge in [-0.25, -0.2) is 0 Å². The predicted octanol–water partition coefficient (Wildman–Crippen LogP) is 0.192. The summed E-state index contributed by atoms with van der Waals surface area (Å²) in [5, 5.41) is 9.50. The zero-order chi connectivity index (χ0) is 9.68. The number of hydrazine groups is 1. The van der Waals surface area contributed by atoms with Gasteiger partial charge >= 0.3 is 0 Å². The van der Waals surface area contributed by atoms with Crippen molar-refractivity contribution in [2.24, 2.45) is 5.84 Å². The van der Waals surface area contributed by atoms with E-state index in [4.69, 9.17) is 10.6 Å². The number of nitrogens with one attached hydrogen (secondary N) is 1. The highest BCUT2D eigenvalue weighted by molar-refractivity contribution is 5.28. The van der Waals surface area contributed by atoms with E-state index in [9.17, 15) is 5.11 Å². The molecule has 0 fully saturated rings. The minimum Gasteiger partial charge on any atom is -0.497 e. The van der Waals surface area contributed by atoms with E-state index in [1.165, 1.54) is 0 Å². The number of hydrogen-bond donors (Lipinski definition) is 3. The average molecular weight is 182 g/mol. The topological polar surface area (TPSA) is 67.5 Å². The molecule has 0 aromatic heterocycles. The number of nitrogens with two attached hydrogens (primary N) is 1. The Bertz CT molecular complexity index is 248. The molecule has 0 heterocycles. The lowest BCUT2D eigenvalue weighted by molar-refractivity contribution is 0.175. The SMILES string of the molecule is COc1ccc(C(O)CNN)cc1. The van der Waals surface area contributed by atoms with Gasteiger partial charge in [0.25, 0.3) is 0 Å². The Hall–Kier alpha value is -1.10. The molecular weight excluding hydrogens is 168 g/mol. The van der Waals surface area contributed by atoms with Gasteiger partial charge < -0.3 is 9.84 Å². The van der Waals surface area contributed by atoms with Crippen molar-refractivity contribution in [3.8, 4) is 5.75 Å². The fourth-order valence-corrected chi connectivity index (χ4v) is 1.06. The largest absolute Gasteiger partial charge is 0.497 e. The molecule has 1 rings (SSSR count). The highest BCUT2D eigenvalue weighted by Crippen LogP contribution is 2.16. The van der Waals surface area contributed by atoms with Crippen LogP contribution in [0.15, 0.2) is 24.3 Å². The summed E-state index contributed by atoms with van der Waals surface area (Å²) in [6, 6.07) is 7.21. The van der Waals surface area contributed by atoms with E-state index in [-0.39, 0.29) is 0 Å². The van der Waals surface area contributed by atoms with Crippen LogP contribution in [0.5, 0.6) is 5.75 Å². The van der Waals surface area contributed by atoms with Crippen LogP contribution in [0.3, 0.4) is 0 Å². The number of aliphatic hydroxyl groups is 1. The summed E-state index contributed by atoms with van der Waals surface area (Å²) in [7, 11) is 1.60. The second-order valence-corrected chi connectivity index (χ2v) is 2.70. The van der Waals surface area contributed by atoms with E-state index in [0.29, 0.717) is 6.54 Å². The smallest absolute Gasteiger partial charge is 0.118 e. The van der Waals surface area contributed by atoms with Crippen LogP contribution >= 0.6 is 0 Å². The second-order valence-electron chi connectivity index (χ2n) is 2.70. The molecule has 0 aliphatic carbocycles. The van der Waals surface area contributed by atoms with Crippen LogP contribution in [0.2, 0.25) is 0 Å². The van der Waals surface area contributed by atoms with Gasteiger partial charge in [0, 0.05) is 6.54 Å². The average Bonchev–Trinajstić information content (AvgIpc) is 2.18. The zero-order valence-electron chi connectivity index (χ0n) is 7.53. The molecule has 4 nitrogen and oxygen atoms in total. The van der Waals surface area contributed by atoms with Gasteiger partial charge in [-0.2, -0.15) is 0 Å². The third-order valence-electron chi connectivity index (χ3n) is 1.81. The molecule has 13 heavy (non-hydrogen) atoms. The maximum absolute atomic E-state index is 9.50. The quantitative estimate of drug-likeness (QED) is 0.459. The fourth-order valence-electron chi connectivity index (χ4n) is 1.06. The molecule has 4 N–H and O–H groups in total. The van der Waals surface area contributed by atoms with Gasteiger partial charge in [-0.15, -0.1) is 0 Å². The van der Waals surface area contributed by atoms with Crippen molar-refractivity contribution in [3.05, 3.63) is 29.8 Å². The zero-order valence-corrected chi connectivity index (χ0v) is 7.53. The first kappa shape index (κ1) is 9.98. The van der Waals surface area contributed by atoms with Crippen LogP contribution in [0.4, 0.5) is 0 Å². The van der Waals surface area contributed by atoms with Crippen molar-refractivity contribution in [1.82, 2.24) is 5.43 Å². The Morgan fingerprint density at radius 2 is 2.08 bits per heavy atom. The van der Waals surface area contributed by atoms with Crippen LogP contribution in [0.25, 0.3) is 0 Å².